The Hall–Kier alpha value is -1.23. The van der Waals surface area contributed by atoms with Gasteiger partial charge in [0, 0.05) is 17.6 Å². The molecule has 0 bridgehead atoms. The highest BCUT2D eigenvalue weighted by atomic mass is 79.9. The zero-order chi connectivity index (χ0) is 14.0. The lowest BCUT2D eigenvalue weighted by Crippen LogP contribution is -2.40. The molecule has 0 atom stereocenters. The number of anilines is 2. The van der Waals surface area contributed by atoms with E-state index in [1.165, 1.54) is 0 Å². The van der Waals surface area contributed by atoms with Crippen LogP contribution >= 0.6 is 15.9 Å². The number of carbonyl (C=O) groups is 1. The second-order valence-electron chi connectivity index (χ2n) is 5.29. The highest BCUT2D eigenvalue weighted by molar-refractivity contribution is 9.10. The van der Waals surface area contributed by atoms with Gasteiger partial charge in [0.05, 0.1) is 11.4 Å². The van der Waals surface area contributed by atoms with Crippen molar-refractivity contribution in [3.63, 3.8) is 0 Å². The minimum absolute atomic E-state index is 0.0518. The molecule has 0 aliphatic carbocycles. The molecule has 19 heavy (non-hydrogen) atoms. The van der Waals surface area contributed by atoms with Crippen LogP contribution in [0.2, 0.25) is 0 Å². The fraction of sp³-hybridized carbons (Fsp3) is 0.500. The Kier molecular flexibility index (Phi) is 4.34. The van der Waals surface area contributed by atoms with Crippen molar-refractivity contribution < 1.29 is 4.79 Å². The predicted molar refractivity (Wildman–Crippen MR) is 82.3 cm³/mol. The van der Waals surface area contributed by atoms with E-state index >= 15 is 0 Å². The van der Waals surface area contributed by atoms with Crippen molar-refractivity contribution in [1.82, 2.24) is 4.90 Å². The molecule has 3 N–H and O–H groups in total. The number of hydrogen-bond donors (Lipinski definition) is 2. The van der Waals surface area contributed by atoms with Gasteiger partial charge in [-0.05, 0) is 43.4 Å². The molecule has 1 saturated heterocycles. The van der Waals surface area contributed by atoms with Crippen LogP contribution in [0.3, 0.4) is 0 Å². The first kappa shape index (κ1) is 14.2. The molecule has 0 saturated carbocycles. The second-order valence-corrected chi connectivity index (χ2v) is 6.20. The number of nitrogens with one attached hydrogen (secondary N) is 1. The Labute approximate surface area is 122 Å². The highest BCUT2D eigenvalue weighted by Gasteiger charge is 2.21. The van der Waals surface area contributed by atoms with E-state index in [0.29, 0.717) is 17.3 Å². The first-order valence-electron chi connectivity index (χ1n) is 6.59. The number of aryl methyl sites for hydroxylation is 1. The van der Waals surface area contributed by atoms with Gasteiger partial charge in [-0.15, -0.1) is 0 Å². The lowest BCUT2D eigenvalue weighted by Gasteiger charge is -2.30. The van der Waals surface area contributed by atoms with Gasteiger partial charge in [0.25, 0.3) is 0 Å². The molecule has 1 heterocycles. The Morgan fingerprint density at radius 2 is 2.05 bits per heavy atom. The van der Waals surface area contributed by atoms with Crippen LogP contribution in [0.15, 0.2) is 16.6 Å². The summed E-state index contributed by atoms with van der Waals surface area (Å²) in [6.07, 6.45) is 2.14. The summed E-state index contributed by atoms with van der Waals surface area (Å²) in [4.78, 5) is 14.1. The topological polar surface area (TPSA) is 58.4 Å². The van der Waals surface area contributed by atoms with Gasteiger partial charge in [0.15, 0.2) is 0 Å². The summed E-state index contributed by atoms with van der Waals surface area (Å²) >= 11 is 3.39. The lowest BCUT2D eigenvalue weighted by molar-refractivity contribution is 0.186. The van der Waals surface area contributed by atoms with Crippen molar-refractivity contribution in [1.29, 1.82) is 0 Å². The monoisotopic (exact) mass is 325 g/mol. The molecule has 2 amide bonds. The number of halogens is 1. The van der Waals surface area contributed by atoms with E-state index in [1.54, 1.807) is 6.07 Å². The first-order chi connectivity index (χ1) is 8.97. The number of rotatable bonds is 1. The number of likely N-dealkylation sites (tertiary alicyclic amines) is 1. The number of hydrogen-bond acceptors (Lipinski definition) is 2. The van der Waals surface area contributed by atoms with Crippen LogP contribution in [0, 0.1) is 12.8 Å². The summed E-state index contributed by atoms with van der Waals surface area (Å²) in [7, 11) is 0. The number of benzene rings is 1. The molecule has 1 aromatic rings. The molecular formula is C14H20BrN3O. The van der Waals surface area contributed by atoms with Gasteiger partial charge < -0.3 is 16.0 Å². The Bertz CT molecular complexity index is 459. The van der Waals surface area contributed by atoms with Gasteiger partial charge in [0.1, 0.15) is 0 Å². The van der Waals surface area contributed by atoms with Crippen LogP contribution in [0.25, 0.3) is 0 Å². The van der Waals surface area contributed by atoms with E-state index in [9.17, 15) is 4.79 Å². The molecule has 2 rings (SSSR count). The largest absolute Gasteiger partial charge is 0.397 e. The molecule has 4 nitrogen and oxygen atoms in total. The number of nitrogens with two attached hydrogens (primary N) is 1. The molecule has 0 aromatic heterocycles. The van der Waals surface area contributed by atoms with E-state index in [0.717, 1.165) is 36.0 Å². The molecule has 1 aromatic carbocycles. The summed E-state index contributed by atoms with van der Waals surface area (Å²) in [5.41, 5.74) is 8.23. The summed E-state index contributed by atoms with van der Waals surface area (Å²) in [6, 6.07) is 3.70. The van der Waals surface area contributed by atoms with Crippen LogP contribution in [0.4, 0.5) is 16.2 Å². The van der Waals surface area contributed by atoms with Gasteiger partial charge in [-0.1, -0.05) is 22.9 Å². The number of nitrogen functional groups attached to an aromatic ring is 1. The SMILES string of the molecule is Cc1cc(Br)cc(N)c1NC(=O)N1CCC(C)CC1. The first-order valence-corrected chi connectivity index (χ1v) is 7.38. The molecule has 5 heteroatoms. The fourth-order valence-corrected chi connectivity index (χ4v) is 2.93. The van der Waals surface area contributed by atoms with Gasteiger partial charge in [-0.25, -0.2) is 4.79 Å². The number of urea groups is 1. The third-order valence-electron chi connectivity index (χ3n) is 3.63. The Balaban J connectivity index is 2.07. The number of carbonyl (C=O) groups excluding carboxylic acids is 1. The van der Waals surface area contributed by atoms with Crippen molar-refractivity contribution in [2.75, 3.05) is 24.1 Å². The van der Waals surface area contributed by atoms with Crippen LogP contribution in [-0.2, 0) is 0 Å². The lowest BCUT2D eigenvalue weighted by atomic mass is 10.00. The van der Waals surface area contributed by atoms with Crippen molar-refractivity contribution in [3.05, 3.63) is 22.2 Å². The minimum atomic E-state index is -0.0518. The summed E-state index contributed by atoms with van der Waals surface area (Å²) in [5.74, 6) is 0.712. The molecule has 1 aliphatic heterocycles. The van der Waals surface area contributed by atoms with Crippen LogP contribution < -0.4 is 11.1 Å². The maximum atomic E-state index is 12.2. The fourth-order valence-electron chi connectivity index (χ4n) is 2.34. The summed E-state index contributed by atoms with van der Waals surface area (Å²) in [6.45, 7) is 5.81. The number of amides is 2. The number of nitrogens with zero attached hydrogens (tertiary/aromatic N) is 1. The third kappa shape index (κ3) is 3.41. The maximum absolute atomic E-state index is 12.2. The second kappa shape index (κ2) is 5.82. The normalized spacial score (nSPS) is 16.5. The molecule has 0 unspecified atom stereocenters. The van der Waals surface area contributed by atoms with Gasteiger partial charge in [0.2, 0.25) is 0 Å². The third-order valence-corrected chi connectivity index (χ3v) is 4.09. The summed E-state index contributed by atoms with van der Waals surface area (Å²) in [5, 5.41) is 2.93. The minimum Gasteiger partial charge on any atom is -0.397 e. The Morgan fingerprint density at radius 1 is 1.42 bits per heavy atom. The molecule has 0 radical (unpaired) electrons. The van der Waals surface area contributed by atoms with E-state index in [4.69, 9.17) is 5.73 Å². The van der Waals surface area contributed by atoms with Gasteiger partial charge >= 0.3 is 6.03 Å². The maximum Gasteiger partial charge on any atom is 0.321 e. The smallest absolute Gasteiger partial charge is 0.321 e. The van der Waals surface area contributed by atoms with Crippen molar-refractivity contribution in [2.24, 2.45) is 5.92 Å². The van der Waals surface area contributed by atoms with E-state index in [-0.39, 0.29) is 6.03 Å². The van der Waals surface area contributed by atoms with E-state index < -0.39 is 0 Å². The van der Waals surface area contributed by atoms with E-state index in [2.05, 4.69) is 28.2 Å². The van der Waals surface area contributed by atoms with Gasteiger partial charge in [-0.3, -0.25) is 0 Å². The van der Waals surface area contributed by atoms with Gasteiger partial charge in [-0.2, -0.15) is 0 Å². The van der Waals surface area contributed by atoms with Crippen molar-refractivity contribution >= 4 is 33.3 Å². The average molecular weight is 326 g/mol. The van der Waals surface area contributed by atoms with Crippen LogP contribution in [-0.4, -0.2) is 24.0 Å². The quantitative estimate of drug-likeness (QED) is 0.775. The molecule has 104 valence electrons. The molecule has 1 aliphatic rings. The zero-order valence-corrected chi connectivity index (χ0v) is 13.0. The standard InChI is InChI=1S/C14H20BrN3O/c1-9-3-5-18(6-4-9)14(19)17-13-10(2)7-11(15)8-12(13)16/h7-9H,3-6,16H2,1-2H3,(H,17,19). The van der Waals surface area contributed by atoms with Crippen LogP contribution in [0.1, 0.15) is 25.3 Å². The van der Waals surface area contributed by atoms with Crippen LogP contribution in [0.5, 0.6) is 0 Å². The zero-order valence-electron chi connectivity index (χ0n) is 11.4. The molecular weight excluding hydrogens is 306 g/mol. The Morgan fingerprint density at radius 3 is 2.63 bits per heavy atom. The summed E-state index contributed by atoms with van der Waals surface area (Å²) < 4.78 is 0.923. The molecule has 1 fully saturated rings. The molecule has 0 spiro atoms. The highest BCUT2D eigenvalue weighted by Crippen LogP contribution is 2.28. The predicted octanol–water partition coefficient (Wildman–Crippen LogP) is 3.60. The number of piperidine rings is 1. The van der Waals surface area contributed by atoms with Crippen molar-refractivity contribution in [2.45, 2.75) is 26.7 Å². The van der Waals surface area contributed by atoms with E-state index in [1.807, 2.05) is 17.9 Å². The van der Waals surface area contributed by atoms with Crippen molar-refractivity contribution in [3.8, 4) is 0 Å². The average Bonchev–Trinajstić information content (AvgIpc) is 2.34.